The number of hydrogen-bond donors (Lipinski definition) is 2. The van der Waals surface area contributed by atoms with Gasteiger partial charge >= 0.3 is 0 Å². The third kappa shape index (κ3) is 2.25. The van der Waals surface area contributed by atoms with Crippen molar-refractivity contribution >= 4 is 10.9 Å². The van der Waals surface area contributed by atoms with Crippen LogP contribution in [0.1, 0.15) is 5.56 Å². The van der Waals surface area contributed by atoms with E-state index in [9.17, 15) is 9.50 Å². The highest BCUT2D eigenvalue weighted by Crippen LogP contribution is 2.24. The van der Waals surface area contributed by atoms with Crippen molar-refractivity contribution in [1.82, 2.24) is 4.98 Å². The number of benzene rings is 2. The van der Waals surface area contributed by atoms with Crippen molar-refractivity contribution < 1.29 is 14.2 Å². The van der Waals surface area contributed by atoms with E-state index in [1.54, 1.807) is 42.6 Å². The maximum atomic E-state index is 13.4. The summed E-state index contributed by atoms with van der Waals surface area (Å²) in [4.78, 5) is 3.05. The number of aromatic nitrogens is 1. The van der Waals surface area contributed by atoms with Gasteiger partial charge in [0, 0.05) is 28.7 Å². The van der Waals surface area contributed by atoms with E-state index >= 15 is 0 Å². The van der Waals surface area contributed by atoms with Crippen molar-refractivity contribution in [2.75, 3.05) is 0 Å². The topological polar surface area (TPSA) is 45.2 Å². The first-order valence-electron chi connectivity index (χ1n) is 5.90. The molecule has 0 atom stereocenters. The van der Waals surface area contributed by atoms with E-state index in [0.717, 1.165) is 16.5 Å². The van der Waals surface area contributed by atoms with Gasteiger partial charge in [0.1, 0.15) is 12.4 Å². The lowest BCUT2D eigenvalue weighted by Gasteiger charge is -2.06. The second kappa shape index (κ2) is 4.65. The minimum absolute atomic E-state index is 0.205. The van der Waals surface area contributed by atoms with E-state index in [1.165, 1.54) is 6.07 Å². The maximum Gasteiger partial charge on any atom is 0.165 e. The van der Waals surface area contributed by atoms with E-state index in [2.05, 4.69) is 4.98 Å². The molecule has 3 aromatic rings. The normalized spacial score (nSPS) is 10.8. The molecule has 2 aromatic carbocycles. The fraction of sp³-hybridized carbons (Fsp3) is 0.0667. The summed E-state index contributed by atoms with van der Waals surface area (Å²) in [5.41, 5.74) is 1.74. The molecular formula is C15H12FNO2. The van der Waals surface area contributed by atoms with Crippen molar-refractivity contribution in [1.29, 1.82) is 0 Å². The molecule has 1 aromatic heterocycles. The van der Waals surface area contributed by atoms with Crippen LogP contribution in [0.15, 0.2) is 48.7 Å². The average molecular weight is 257 g/mol. The molecule has 0 aliphatic carbocycles. The average Bonchev–Trinajstić information content (AvgIpc) is 2.80. The Kier molecular flexibility index (Phi) is 2.83. The lowest BCUT2D eigenvalue weighted by Crippen LogP contribution is -1.96. The van der Waals surface area contributed by atoms with Crippen molar-refractivity contribution in [2.24, 2.45) is 0 Å². The van der Waals surface area contributed by atoms with Crippen LogP contribution in [0, 0.1) is 5.82 Å². The predicted molar refractivity (Wildman–Crippen MR) is 70.7 cm³/mol. The van der Waals surface area contributed by atoms with E-state index in [4.69, 9.17) is 4.74 Å². The smallest absolute Gasteiger partial charge is 0.165 e. The quantitative estimate of drug-likeness (QED) is 0.753. The van der Waals surface area contributed by atoms with Crippen LogP contribution in [-0.2, 0) is 6.61 Å². The Hall–Kier alpha value is -2.49. The van der Waals surface area contributed by atoms with Crippen molar-refractivity contribution in [2.45, 2.75) is 6.61 Å². The zero-order valence-corrected chi connectivity index (χ0v) is 10.1. The molecule has 96 valence electrons. The van der Waals surface area contributed by atoms with E-state index in [1.807, 2.05) is 0 Å². The Bertz CT molecular complexity index is 721. The molecule has 0 saturated heterocycles. The Morgan fingerprint density at radius 1 is 1.16 bits per heavy atom. The number of hydrogen-bond acceptors (Lipinski definition) is 2. The van der Waals surface area contributed by atoms with Gasteiger partial charge in [-0.1, -0.05) is 12.1 Å². The maximum absolute atomic E-state index is 13.4. The van der Waals surface area contributed by atoms with Crippen LogP contribution in [0.5, 0.6) is 11.5 Å². The summed E-state index contributed by atoms with van der Waals surface area (Å²) in [7, 11) is 0. The highest BCUT2D eigenvalue weighted by Gasteiger charge is 2.07. The summed E-state index contributed by atoms with van der Waals surface area (Å²) in [5.74, 6) is 0.0616. The number of rotatable bonds is 3. The Morgan fingerprint density at radius 2 is 2.00 bits per heavy atom. The molecule has 0 unspecified atom stereocenters. The number of phenols is 1. The molecule has 1 heterocycles. The molecule has 0 aliphatic heterocycles. The van der Waals surface area contributed by atoms with Gasteiger partial charge in [0.15, 0.2) is 11.6 Å². The van der Waals surface area contributed by atoms with E-state index < -0.39 is 0 Å². The van der Waals surface area contributed by atoms with Gasteiger partial charge in [-0.25, -0.2) is 4.39 Å². The summed E-state index contributed by atoms with van der Waals surface area (Å²) in [6, 6.07) is 11.4. The summed E-state index contributed by atoms with van der Waals surface area (Å²) in [5, 5.41) is 10.3. The SMILES string of the molecule is Oc1ccc2c(COc3ccccc3F)c[nH]c2c1. The molecule has 2 N–H and O–H groups in total. The number of para-hydroxylation sites is 1. The predicted octanol–water partition coefficient (Wildman–Crippen LogP) is 3.59. The van der Waals surface area contributed by atoms with Crippen LogP contribution in [-0.4, -0.2) is 10.1 Å². The highest BCUT2D eigenvalue weighted by molar-refractivity contribution is 5.84. The van der Waals surface area contributed by atoms with Gasteiger partial charge in [0.05, 0.1) is 0 Å². The molecule has 3 nitrogen and oxygen atoms in total. The summed E-state index contributed by atoms with van der Waals surface area (Å²) >= 11 is 0. The number of aromatic amines is 1. The van der Waals surface area contributed by atoms with Gasteiger partial charge in [-0.15, -0.1) is 0 Å². The molecule has 3 rings (SSSR count). The lowest BCUT2D eigenvalue weighted by molar-refractivity contribution is 0.291. The second-order valence-electron chi connectivity index (χ2n) is 4.26. The number of aromatic hydroxyl groups is 1. The van der Waals surface area contributed by atoms with Crippen molar-refractivity contribution in [3.63, 3.8) is 0 Å². The largest absolute Gasteiger partial charge is 0.508 e. The lowest BCUT2D eigenvalue weighted by atomic mass is 10.2. The molecule has 0 spiro atoms. The van der Waals surface area contributed by atoms with Gasteiger partial charge in [-0.3, -0.25) is 0 Å². The fourth-order valence-corrected chi connectivity index (χ4v) is 2.01. The second-order valence-corrected chi connectivity index (χ2v) is 4.26. The standard InChI is InChI=1S/C15H12FNO2/c16-13-3-1-2-4-15(13)19-9-10-8-17-14-7-11(18)5-6-12(10)14/h1-8,17-18H,9H2. The van der Waals surface area contributed by atoms with Crippen molar-refractivity contribution in [3.05, 3.63) is 60.0 Å². The number of halogens is 1. The van der Waals surface area contributed by atoms with Crippen LogP contribution < -0.4 is 4.74 Å². The first-order valence-corrected chi connectivity index (χ1v) is 5.90. The van der Waals surface area contributed by atoms with Crippen LogP contribution >= 0.6 is 0 Å². The number of ether oxygens (including phenoxy) is 1. The highest BCUT2D eigenvalue weighted by atomic mass is 19.1. The molecule has 0 saturated carbocycles. The molecule has 0 bridgehead atoms. The van der Waals surface area contributed by atoms with E-state index in [0.29, 0.717) is 0 Å². The van der Waals surface area contributed by atoms with Crippen LogP contribution in [0.4, 0.5) is 4.39 Å². The van der Waals surface area contributed by atoms with Gasteiger partial charge in [0.25, 0.3) is 0 Å². The minimum atomic E-state index is -0.375. The molecular weight excluding hydrogens is 245 g/mol. The summed E-state index contributed by atoms with van der Waals surface area (Å²) in [6.07, 6.45) is 1.80. The molecule has 19 heavy (non-hydrogen) atoms. The molecule has 0 aliphatic rings. The first-order chi connectivity index (χ1) is 9.24. The Balaban J connectivity index is 1.84. The molecule has 0 amide bonds. The van der Waals surface area contributed by atoms with Gasteiger partial charge < -0.3 is 14.8 Å². The van der Waals surface area contributed by atoms with E-state index in [-0.39, 0.29) is 23.9 Å². The summed E-state index contributed by atoms with van der Waals surface area (Å²) < 4.78 is 18.9. The molecule has 0 fully saturated rings. The Morgan fingerprint density at radius 3 is 2.84 bits per heavy atom. The number of phenolic OH excluding ortho intramolecular Hbond substituents is 1. The van der Waals surface area contributed by atoms with Crippen LogP contribution in [0.2, 0.25) is 0 Å². The molecule has 0 radical (unpaired) electrons. The third-order valence-corrected chi connectivity index (χ3v) is 2.97. The monoisotopic (exact) mass is 257 g/mol. The third-order valence-electron chi connectivity index (χ3n) is 2.97. The zero-order valence-electron chi connectivity index (χ0n) is 10.1. The molecule has 4 heteroatoms. The summed E-state index contributed by atoms with van der Waals surface area (Å²) in [6.45, 7) is 0.270. The first kappa shape index (κ1) is 11.6. The van der Waals surface area contributed by atoms with Crippen LogP contribution in [0.3, 0.4) is 0 Å². The number of H-pyrrole nitrogens is 1. The van der Waals surface area contributed by atoms with Gasteiger partial charge in [-0.2, -0.15) is 0 Å². The van der Waals surface area contributed by atoms with Crippen LogP contribution in [0.25, 0.3) is 10.9 Å². The number of nitrogens with one attached hydrogen (secondary N) is 1. The fourth-order valence-electron chi connectivity index (χ4n) is 2.01. The number of fused-ring (bicyclic) bond motifs is 1. The van der Waals surface area contributed by atoms with Crippen molar-refractivity contribution in [3.8, 4) is 11.5 Å². The minimum Gasteiger partial charge on any atom is -0.508 e. The van der Waals surface area contributed by atoms with Gasteiger partial charge in [0.2, 0.25) is 0 Å². The van der Waals surface area contributed by atoms with Gasteiger partial charge in [-0.05, 0) is 24.3 Å². The Labute approximate surface area is 109 Å². The zero-order chi connectivity index (χ0) is 13.2.